The molecule has 0 spiro atoms. The molecule has 0 unspecified atom stereocenters. The first-order valence-corrected chi connectivity index (χ1v) is 3.98. The van der Waals surface area contributed by atoms with E-state index in [1.165, 1.54) is 11.9 Å². The van der Waals surface area contributed by atoms with Crippen LogP contribution in [0.4, 0.5) is 16.2 Å². The number of benzene rings is 1. The van der Waals surface area contributed by atoms with Gasteiger partial charge in [0.25, 0.3) is 0 Å². The smallest absolute Gasteiger partial charge is 0.319 e. The number of anilines is 2. The Bertz CT molecular complexity index is 340. The molecule has 1 aromatic carbocycles. The van der Waals surface area contributed by atoms with Crippen LogP contribution in [0.15, 0.2) is 18.2 Å². The van der Waals surface area contributed by atoms with E-state index in [-0.39, 0.29) is 0 Å². The van der Waals surface area contributed by atoms with E-state index < -0.39 is 6.03 Å². The van der Waals surface area contributed by atoms with Crippen molar-refractivity contribution in [1.29, 1.82) is 0 Å². The molecule has 13 heavy (non-hydrogen) atoms. The maximum atomic E-state index is 10.8. The minimum absolute atomic E-state index is 0.464. The molecule has 0 fully saturated rings. The molecule has 0 atom stereocenters. The molecule has 0 aliphatic carbocycles. The normalized spacial score (nSPS) is 9.69. The van der Waals surface area contributed by atoms with Crippen molar-refractivity contribution in [3.8, 4) is 0 Å². The first kappa shape index (κ1) is 9.67. The Morgan fingerprint density at radius 3 is 2.69 bits per heavy atom. The van der Waals surface area contributed by atoms with Gasteiger partial charge < -0.3 is 11.5 Å². The number of nitrogens with two attached hydrogens (primary N) is 2. The second-order valence-electron chi connectivity index (χ2n) is 2.60. The zero-order valence-electron chi connectivity index (χ0n) is 7.12. The predicted molar refractivity (Wildman–Crippen MR) is 53.9 cm³/mol. The van der Waals surface area contributed by atoms with Crippen LogP contribution >= 0.6 is 11.6 Å². The quantitative estimate of drug-likeness (QED) is 0.672. The number of carbonyl (C=O) groups excluding carboxylic acids is 1. The van der Waals surface area contributed by atoms with Gasteiger partial charge in [0.15, 0.2) is 0 Å². The summed E-state index contributed by atoms with van der Waals surface area (Å²) >= 11 is 5.73. The van der Waals surface area contributed by atoms with E-state index in [2.05, 4.69) is 0 Å². The molecule has 0 aliphatic rings. The van der Waals surface area contributed by atoms with Gasteiger partial charge in [-0.2, -0.15) is 0 Å². The summed E-state index contributed by atoms with van der Waals surface area (Å²) in [5, 5.41) is 0.511. The molecule has 4 nitrogen and oxygen atoms in total. The third-order valence-electron chi connectivity index (χ3n) is 1.68. The molecular formula is C8H10ClN3O. The summed E-state index contributed by atoms with van der Waals surface area (Å²) in [4.78, 5) is 12.1. The lowest BCUT2D eigenvalue weighted by Crippen LogP contribution is -2.32. The van der Waals surface area contributed by atoms with Crippen LogP contribution in [0.25, 0.3) is 0 Å². The van der Waals surface area contributed by atoms with Crippen LogP contribution in [-0.4, -0.2) is 13.1 Å². The molecular weight excluding hydrogens is 190 g/mol. The number of hydrogen-bond donors (Lipinski definition) is 2. The highest BCUT2D eigenvalue weighted by Gasteiger charge is 2.09. The Morgan fingerprint density at radius 1 is 1.54 bits per heavy atom. The zero-order chi connectivity index (χ0) is 10.0. The van der Waals surface area contributed by atoms with Crippen LogP contribution in [-0.2, 0) is 0 Å². The number of primary amides is 1. The molecule has 5 heteroatoms. The number of halogens is 1. The number of nitrogen functional groups attached to an aromatic ring is 1. The predicted octanol–water partition coefficient (Wildman–Crippen LogP) is 1.44. The number of carbonyl (C=O) groups is 1. The minimum Gasteiger partial charge on any atom is -0.397 e. The first-order chi connectivity index (χ1) is 6.02. The van der Waals surface area contributed by atoms with Gasteiger partial charge in [-0.05, 0) is 18.2 Å². The van der Waals surface area contributed by atoms with Crippen LogP contribution in [0.3, 0.4) is 0 Å². The lowest BCUT2D eigenvalue weighted by atomic mass is 10.2. The lowest BCUT2D eigenvalue weighted by Gasteiger charge is -2.16. The lowest BCUT2D eigenvalue weighted by molar-refractivity contribution is 0.255. The summed E-state index contributed by atoms with van der Waals surface area (Å²) in [7, 11) is 1.53. The first-order valence-electron chi connectivity index (χ1n) is 3.60. The highest BCUT2D eigenvalue weighted by Crippen LogP contribution is 2.25. The van der Waals surface area contributed by atoms with Gasteiger partial charge in [0.2, 0.25) is 0 Å². The van der Waals surface area contributed by atoms with Gasteiger partial charge in [-0.25, -0.2) is 4.79 Å². The van der Waals surface area contributed by atoms with Crippen molar-refractivity contribution in [2.45, 2.75) is 0 Å². The maximum absolute atomic E-state index is 10.8. The Hall–Kier alpha value is -1.42. The topological polar surface area (TPSA) is 72.3 Å². The van der Waals surface area contributed by atoms with Crippen LogP contribution in [0.1, 0.15) is 0 Å². The maximum Gasteiger partial charge on any atom is 0.319 e. The fourth-order valence-corrected chi connectivity index (χ4v) is 1.09. The number of hydrogen-bond acceptors (Lipinski definition) is 2. The van der Waals surface area contributed by atoms with Gasteiger partial charge >= 0.3 is 6.03 Å². The Kier molecular flexibility index (Phi) is 2.63. The van der Waals surface area contributed by atoms with E-state index in [0.717, 1.165) is 0 Å². The molecule has 2 amide bonds. The van der Waals surface area contributed by atoms with Crippen LogP contribution in [0, 0.1) is 0 Å². The van der Waals surface area contributed by atoms with Gasteiger partial charge in [-0.1, -0.05) is 11.6 Å². The Labute approximate surface area is 81.1 Å². The fraction of sp³-hybridized carbons (Fsp3) is 0.125. The van der Waals surface area contributed by atoms with Gasteiger partial charge in [0.05, 0.1) is 11.4 Å². The molecule has 1 rings (SSSR count). The summed E-state index contributed by atoms with van der Waals surface area (Å²) in [5.74, 6) is 0. The van der Waals surface area contributed by atoms with Gasteiger partial charge in [0, 0.05) is 12.1 Å². The van der Waals surface area contributed by atoms with Crippen LogP contribution in [0.2, 0.25) is 5.02 Å². The third-order valence-corrected chi connectivity index (χ3v) is 1.92. The largest absolute Gasteiger partial charge is 0.397 e. The van der Waals surface area contributed by atoms with E-state index in [1.54, 1.807) is 18.2 Å². The van der Waals surface area contributed by atoms with Crippen molar-refractivity contribution in [3.63, 3.8) is 0 Å². The fourth-order valence-electron chi connectivity index (χ4n) is 0.926. The third kappa shape index (κ3) is 2.03. The van der Waals surface area contributed by atoms with E-state index >= 15 is 0 Å². The van der Waals surface area contributed by atoms with Gasteiger partial charge in [0.1, 0.15) is 0 Å². The van der Waals surface area contributed by atoms with Crippen molar-refractivity contribution in [3.05, 3.63) is 23.2 Å². The van der Waals surface area contributed by atoms with E-state index in [9.17, 15) is 4.79 Å². The monoisotopic (exact) mass is 199 g/mol. The molecule has 0 aliphatic heterocycles. The molecule has 0 saturated heterocycles. The van der Waals surface area contributed by atoms with Crippen LogP contribution in [0.5, 0.6) is 0 Å². The molecule has 1 aromatic rings. The zero-order valence-corrected chi connectivity index (χ0v) is 7.88. The minimum atomic E-state index is -0.575. The van der Waals surface area contributed by atoms with Crippen LogP contribution < -0.4 is 16.4 Å². The average Bonchev–Trinajstić information content (AvgIpc) is 2.08. The van der Waals surface area contributed by atoms with Crippen molar-refractivity contribution in [1.82, 2.24) is 0 Å². The summed E-state index contributed by atoms with van der Waals surface area (Å²) < 4.78 is 0. The SMILES string of the molecule is CN(C(N)=O)c1cc(Cl)ccc1N. The molecule has 4 N–H and O–H groups in total. The number of rotatable bonds is 1. The van der Waals surface area contributed by atoms with E-state index in [1.807, 2.05) is 0 Å². The van der Waals surface area contributed by atoms with Gasteiger partial charge in [-0.3, -0.25) is 4.90 Å². The Morgan fingerprint density at radius 2 is 2.15 bits per heavy atom. The number of urea groups is 1. The second kappa shape index (κ2) is 3.53. The molecule has 0 saturated carbocycles. The summed E-state index contributed by atoms with van der Waals surface area (Å²) in [6.45, 7) is 0. The van der Waals surface area contributed by atoms with Gasteiger partial charge in [-0.15, -0.1) is 0 Å². The summed E-state index contributed by atoms with van der Waals surface area (Å²) in [5.41, 5.74) is 11.7. The highest BCUT2D eigenvalue weighted by molar-refractivity contribution is 6.31. The van der Waals surface area contributed by atoms with E-state index in [0.29, 0.717) is 16.4 Å². The summed E-state index contributed by atoms with van der Waals surface area (Å²) in [6, 6.07) is 4.28. The van der Waals surface area contributed by atoms with Crippen molar-refractivity contribution in [2.75, 3.05) is 17.7 Å². The average molecular weight is 200 g/mol. The highest BCUT2D eigenvalue weighted by atomic mass is 35.5. The molecule has 0 radical (unpaired) electrons. The molecule has 0 bridgehead atoms. The second-order valence-corrected chi connectivity index (χ2v) is 3.04. The van der Waals surface area contributed by atoms with Crippen molar-refractivity contribution < 1.29 is 4.79 Å². The number of amides is 2. The Balaban J connectivity index is 3.12. The number of nitrogens with zero attached hydrogens (tertiary/aromatic N) is 1. The summed E-state index contributed by atoms with van der Waals surface area (Å²) in [6.07, 6.45) is 0. The standard InChI is InChI=1S/C8H10ClN3O/c1-12(8(11)13)7-4-5(9)2-3-6(7)10/h2-4H,10H2,1H3,(H2,11,13). The molecule has 0 aromatic heterocycles. The molecule has 70 valence electrons. The van der Waals surface area contributed by atoms with E-state index in [4.69, 9.17) is 23.1 Å². The van der Waals surface area contributed by atoms with Crippen molar-refractivity contribution in [2.24, 2.45) is 5.73 Å². The molecule has 0 heterocycles. The van der Waals surface area contributed by atoms with Crippen molar-refractivity contribution >= 4 is 29.0 Å².